The van der Waals surface area contributed by atoms with Crippen molar-refractivity contribution in [1.29, 1.82) is 0 Å². The van der Waals surface area contributed by atoms with Crippen LogP contribution in [0.25, 0.3) is 0 Å². The Morgan fingerprint density at radius 1 is 1.44 bits per heavy atom. The molecule has 0 amide bonds. The lowest BCUT2D eigenvalue weighted by molar-refractivity contribution is -0.128. The number of ketones is 1. The third kappa shape index (κ3) is 2.19. The molecule has 88 valence electrons. The summed E-state index contributed by atoms with van der Waals surface area (Å²) >= 11 is 0. The van der Waals surface area contributed by atoms with Crippen LogP contribution < -0.4 is 0 Å². The van der Waals surface area contributed by atoms with Crippen LogP contribution in [0.2, 0.25) is 0 Å². The Morgan fingerprint density at radius 2 is 2.12 bits per heavy atom. The maximum atomic E-state index is 12.2. The quantitative estimate of drug-likeness (QED) is 0.782. The third-order valence-electron chi connectivity index (χ3n) is 3.52. The molecular weight excluding hydrogens is 202 g/mol. The van der Waals surface area contributed by atoms with Gasteiger partial charge in [-0.2, -0.15) is 0 Å². The second kappa shape index (κ2) is 4.42. The molecule has 1 aliphatic rings. The van der Waals surface area contributed by atoms with E-state index in [1.807, 2.05) is 19.9 Å². The van der Waals surface area contributed by atoms with Gasteiger partial charge in [-0.15, -0.1) is 0 Å². The molecule has 0 radical (unpaired) electrons. The molecular formula is C13H19NO2. The van der Waals surface area contributed by atoms with Gasteiger partial charge < -0.3 is 4.42 Å². The first-order valence-corrected chi connectivity index (χ1v) is 5.90. The number of carbonyl (C=O) groups excluding carboxylic acids is 1. The summed E-state index contributed by atoms with van der Waals surface area (Å²) in [5, 5.41) is 0. The lowest BCUT2D eigenvalue weighted by Crippen LogP contribution is -2.49. The van der Waals surface area contributed by atoms with Gasteiger partial charge >= 0.3 is 0 Å². The zero-order valence-electron chi connectivity index (χ0n) is 10.0. The molecule has 2 heterocycles. The summed E-state index contributed by atoms with van der Waals surface area (Å²) in [7, 11) is 0. The summed E-state index contributed by atoms with van der Waals surface area (Å²) in [6.45, 7) is 6.15. The molecule has 0 atom stereocenters. The highest BCUT2D eigenvalue weighted by Crippen LogP contribution is 2.23. The number of nitrogens with zero attached hydrogens (tertiary/aromatic N) is 1. The molecule has 0 unspecified atom stereocenters. The van der Waals surface area contributed by atoms with Gasteiger partial charge in [0.25, 0.3) is 0 Å². The number of rotatable bonds is 4. The van der Waals surface area contributed by atoms with E-state index in [4.69, 9.17) is 4.42 Å². The molecule has 3 heteroatoms. The fourth-order valence-electron chi connectivity index (χ4n) is 2.25. The highest BCUT2D eigenvalue weighted by molar-refractivity contribution is 5.89. The maximum absolute atomic E-state index is 12.2. The Bertz CT molecular complexity index is 348. The standard InChI is InChI=1S/C13H19NO2/c1-13(2,14-6-3-4-7-14)12(15)9-11-5-8-16-10-11/h5,8,10H,3-4,6-7,9H2,1-2H3. The number of Topliss-reactive ketones (excluding diaryl/α,β-unsaturated/α-hetero) is 1. The first kappa shape index (κ1) is 11.4. The van der Waals surface area contributed by atoms with E-state index in [-0.39, 0.29) is 11.3 Å². The third-order valence-corrected chi connectivity index (χ3v) is 3.52. The smallest absolute Gasteiger partial charge is 0.156 e. The van der Waals surface area contributed by atoms with Crippen LogP contribution in [0.4, 0.5) is 0 Å². The van der Waals surface area contributed by atoms with Gasteiger partial charge in [-0.05, 0) is 51.4 Å². The van der Waals surface area contributed by atoms with Crippen LogP contribution in [-0.2, 0) is 11.2 Å². The predicted molar refractivity (Wildman–Crippen MR) is 62.3 cm³/mol. The molecule has 0 aromatic carbocycles. The first-order valence-electron chi connectivity index (χ1n) is 5.90. The molecule has 0 saturated carbocycles. The summed E-state index contributed by atoms with van der Waals surface area (Å²) in [5.74, 6) is 0.274. The predicted octanol–water partition coefficient (Wildman–Crippen LogP) is 2.27. The molecule has 1 fully saturated rings. The zero-order valence-corrected chi connectivity index (χ0v) is 10.0. The van der Waals surface area contributed by atoms with Crippen molar-refractivity contribution in [2.24, 2.45) is 0 Å². The molecule has 1 aliphatic heterocycles. The van der Waals surface area contributed by atoms with E-state index in [0.717, 1.165) is 18.7 Å². The van der Waals surface area contributed by atoms with E-state index in [2.05, 4.69) is 4.90 Å². The molecule has 0 aliphatic carbocycles. The number of hydrogen-bond acceptors (Lipinski definition) is 3. The van der Waals surface area contributed by atoms with Crippen molar-refractivity contribution in [3.63, 3.8) is 0 Å². The normalized spacial score (nSPS) is 17.9. The summed E-state index contributed by atoms with van der Waals surface area (Å²) in [5.41, 5.74) is 0.630. The molecule has 1 aromatic rings. The number of carbonyl (C=O) groups is 1. The average molecular weight is 221 g/mol. The van der Waals surface area contributed by atoms with Crippen molar-refractivity contribution in [3.8, 4) is 0 Å². The van der Waals surface area contributed by atoms with Crippen molar-refractivity contribution < 1.29 is 9.21 Å². The summed E-state index contributed by atoms with van der Waals surface area (Å²) < 4.78 is 4.99. The minimum Gasteiger partial charge on any atom is -0.472 e. The second-order valence-electron chi connectivity index (χ2n) is 4.98. The SMILES string of the molecule is CC(C)(C(=O)Cc1ccoc1)N1CCCC1. The Balaban J connectivity index is 2.02. The highest BCUT2D eigenvalue weighted by Gasteiger charge is 2.35. The Hall–Kier alpha value is -1.09. The van der Waals surface area contributed by atoms with Crippen molar-refractivity contribution >= 4 is 5.78 Å². The molecule has 3 nitrogen and oxygen atoms in total. The van der Waals surface area contributed by atoms with Crippen LogP contribution in [0, 0.1) is 0 Å². The first-order chi connectivity index (χ1) is 7.60. The van der Waals surface area contributed by atoms with Gasteiger partial charge in [-0.25, -0.2) is 0 Å². The van der Waals surface area contributed by atoms with Gasteiger partial charge in [0.05, 0.1) is 18.1 Å². The van der Waals surface area contributed by atoms with Crippen LogP contribution in [0.3, 0.4) is 0 Å². The van der Waals surface area contributed by atoms with Crippen molar-refractivity contribution in [1.82, 2.24) is 4.90 Å². The molecule has 16 heavy (non-hydrogen) atoms. The fraction of sp³-hybridized carbons (Fsp3) is 0.615. The molecule has 0 N–H and O–H groups in total. The van der Waals surface area contributed by atoms with E-state index in [1.54, 1.807) is 12.5 Å². The Morgan fingerprint density at radius 3 is 2.69 bits per heavy atom. The van der Waals surface area contributed by atoms with Gasteiger partial charge in [-0.3, -0.25) is 9.69 Å². The van der Waals surface area contributed by atoms with Crippen molar-refractivity contribution in [2.75, 3.05) is 13.1 Å². The second-order valence-corrected chi connectivity index (χ2v) is 4.98. The monoisotopic (exact) mass is 221 g/mol. The Labute approximate surface area is 96.4 Å². The summed E-state index contributed by atoms with van der Waals surface area (Å²) in [6, 6.07) is 1.86. The van der Waals surface area contributed by atoms with E-state index in [1.165, 1.54) is 12.8 Å². The highest BCUT2D eigenvalue weighted by atomic mass is 16.3. The minimum atomic E-state index is -0.340. The van der Waals surface area contributed by atoms with Gasteiger partial charge in [-0.1, -0.05) is 0 Å². The van der Waals surface area contributed by atoms with Gasteiger partial charge in [0.1, 0.15) is 0 Å². The van der Waals surface area contributed by atoms with Crippen LogP contribution in [0.1, 0.15) is 32.3 Å². The number of likely N-dealkylation sites (tertiary alicyclic amines) is 1. The molecule has 1 aromatic heterocycles. The van der Waals surface area contributed by atoms with Crippen LogP contribution in [0.15, 0.2) is 23.0 Å². The van der Waals surface area contributed by atoms with Crippen LogP contribution >= 0.6 is 0 Å². The van der Waals surface area contributed by atoms with Gasteiger partial charge in [0.15, 0.2) is 5.78 Å². The molecule has 2 rings (SSSR count). The lowest BCUT2D eigenvalue weighted by atomic mass is 9.93. The summed E-state index contributed by atoms with van der Waals surface area (Å²) in [6.07, 6.45) is 6.16. The fourth-order valence-corrected chi connectivity index (χ4v) is 2.25. The van der Waals surface area contributed by atoms with Gasteiger partial charge in [0, 0.05) is 6.42 Å². The largest absolute Gasteiger partial charge is 0.472 e. The van der Waals surface area contributed by atoms with E-state index in [9.17, 15) is 4.79 Å². The van der Waals surface area contributed by atoms with E-state index in [0.29, 0.717) is 6.42 Å². The van der Waals surface area contributed by atoms with E-state index >= 15 is 0 Å². The van der Waals surface area contributed by atoms with E-state index < -0.39 is 0 Å². The summed E-state index contributed by atoms with van der Waals surface area (Å²) in [4.78, 5) is 14.5. The van der Waals surface area contributed by atoms with Crippen molar-refractivity contribution in [3.05, 3.63) is 24.2 Å². The lowest BCUT2D eigenvalue weighted by Gasteiger charge is -2.33. The van der Waals surface area contributed by atoms with Crippen LogP contribution in [-0.4, -0.2) is 29.3 Å². The topological polar surface area (TPSA) is 33.5 Å². The molecule has 0 bridgehead atoms. The molecule has 1 saturated heterocycles. The molecule has 0 spiro atoms. The Kier molecular flexibility index (Phi) is 3.15. The average Bonchev–Trinajstić information content (AvgIpc) is 2.89. The number of furan rings is 1. The zero-order chi connectivity index (χ0) is 11.6. The van der Waals surface area contributed by atoms with Crippen LogP contribution in [0.5, 0.6) is 0 Å². The van der Waals surface area contributed by atoms with Crippen molar-refractivity contribution in [2.45, 2.75) is 38.6 Å². The minimum absolute atomic E-state index is 0.274. The maximum Gasteiger partial charge on any atom is 0.156 e. The number of hydrogen-bond donors (Lipinski definition) is 0. The van der Waals surface area contributed by atoms with Gasteiger partial charge in [0.2, 0.25) is 0 Å².